The number of amides is 1. The first-order valence-electron chi connectivity index (χ1n) is 10.6. The number of ether oxygens (including phenoxy) is 1. The number of nitrogens with zero attached hydrogens (tertiary/aromatic N) is 4. The van der Waals surface area contributed by atoms with Gasteiger partial charge in [-0.05, 0) is 48.4 Å². The number of anilines is 1. The highest BCUT2D eigenvalue weighted by molar-refractivity contribution is 7.99. The van der Waals surface area contributed by atoms with E-state index >= 15 is 0 Å². The lowest BCUT2D eigenvalue weighted by atomic mass is 10.1. The van der Waals surface area contributed by atoms with Crippen LogP contribution in [0.15, 0.2) is 45.7 Å². The molecule has 1 fully saturated rings. The quantitative estimate of drug-likeness (QED) is 0.416. The molecule has 1 N–H and O–H groups in total. The molecular formula is C22H23N5O3S2. The van der Waals surface area contributed by atoms with Gasteiger partial charge in [-0.25, -0.2) is 0 Å². The first-order chi connectivity index (χ1) is 15.6. The van der Waals surface area contributed by atoms with Gasteiger partial charge in [-0.1, -0.05) is 30.8 Å². The number of carbonyl (C=O) groups is 1. The van der Waals surface area contributed by atoms with Crippen molar-refractivity contribution in [2.75, 3.05) is 17.7 Å². The summed E-state index contributed by atoms with van der Waals surface area (Å²) < 4.78 is 9.92. The molecule has 1 saturated heterocycles. The molecule has 4 heterocycles. The average molecular weight is 470 g/mol. The first kappa shape index (κ1) is 21.2. The van der Waals surface area contributed by atoms with Crippen LogP contribution in [-0.4, -0.2) is 43.5 Å². The molecule has 1 amide bonds. The Morgan fingerprint density at radius 1 is 1.34 bits per heavy atom. The van der Waals surface area contributed by atoms with Crippen molar-refractivity contribution in [3.63, 3.8) is 0 Å². The molecule has 10 heteroatoms. The molecule has 1 aliphatic heterocycles. The largest absolute Gasteiger partial charge is 0.376 e. The Hall–Kier alpha value is -2.69. The number of nitrogens with one attached hydrogen (secondary N) is 1. The van der Waals surface area contributed by atoms with Gasteiger partial charge in [0.05, 0.1) is 23.9 Å². The molecule has 8 nitrogen and oxygen atoms in total. The number of thioether (sulfide) groups is 1. The summed E-state index contributed by atoms with van der Waals surface area (Å²) in [5.41, 5.74) is 2.65. The molecule has 0 bridgehead atoms. The molecule has 0 radical (unpaired) electrons. The zero-order chi connectivity index (χ0) is 22.1. The lowest BCUT2D eigenvalue weighted by molar-refractivity contribution is -0.113. The van der Waals surface area contributed by atoms with Crippen LogP contribution in [0.4, 0.5) is 5.69 Å². The summed E-state index contributed by atoms with van der Waals surface area (Å²) in [5, 5.41) is 14.0. The standard InChI is InChI=1S/C22H23N5O3S2/c1-2-14-5-3-6-15(11-14)23-18(28)13-32-22-25-24-21-26(12-16-7-4-9-30-16)20(29)19-17(27(21)22)8-10-31-19/h3,5-6,8,10-11,16H,2,4,7,9,12-13H2,1H3,(H,23,28). The molecular weight excluding hydrogens is 446 g/mol. The Morgan fingerprint density at radius 3 is 3.06 bits per heavy atom. The van der Waals surface area contributed by atoms with E-state index in [1.165, 1.54) is 28.7 Å². The maximum atomic E-state index is 13.1. The predicted molar refractivity (Wildman–Crippen MR) is 127 cm³/mol. The number of aryl methyl sites for hydroxylation is 1. The minimum Gasteiger partial charge on any atom is -0.376 e. The SMILES string of the molecule is CCc1cccc(NC(=O)CSc2nnc3n(CC4CCCO4)c(=O)c4sccc4n23)c1. The van der Waals surface area contributed by atoms with Gasteiger partial charge in [-0.2, -0.15) is 0 Å². The molecule has 166 valence electrons. The normalized spacial score (nSPS) is 16.2. The van der Waals surface area contributed by atoms with E-state index in [2.05, 4.69) is 22.4 Å². The van der Waals surface area contributed by atoms with Crippen molar-refractivity contribution in [3.8, 4) is 0 Å². The lowest BCUT2D eigenvalue weighted by Crippen LogP contribution is -2.28. The highest BCUT2D eigenvalue weighted by Gasteiger charge is 2.22. The van der Waals surface area contributed by atoms with Crippen molar-refractivity contribution in [1.82, 2.24) is 19.2 Å². The van der Waals surface area contributed by atoms with Crippen LogP contribution in [0, 0.1) is 0 Å². The number of benzene rings is 1. The molecule has 0 aliphatic carbocycles. The number of hydrogen-bond acceptors (Lipinski definition) is 7. The van der Waals surface area contributed by atoms with Crippen molar-refractivity contribution in [1.29, 1.82) is 0 Å². The Morgan fingerprint density at radius 2 is 2.25 bits per heavy atom. The first-order valence-corrected chi connectivity index (χ1v) is 12.5. The third-order valence-electron chi connectivity index (χ3n) is 5.54. The molecule has 3 aromatic heterocycles. The van der Waals surface area contributed by atoms with Crippen molar-refractivity contribution < 1.29 is 9.53 Å². The van der Waals surface area contributed by atoms with Gasteiger partial charge in [-0.15, -0.1) is 21.5 Å². The summed E-state index contributed by atoms with van der Waals surface area (Å²) in [7, 11) is 0. The highest BCUT2D eigenvalue weighted by atomic mass is 32.2. The van der Waals surface area contributed by atoms with Gasteiger partial charge in [-0.3, -0.25) is 18.6 Å². The van der Waals surface area contributed by atoms with Crippen LogP contribution >= 0.6 is 23.1 Å². The van der Waals surface area contributed by atoms with Crippen molar-refractivity contribution >= 4 is 50.7 Å². The maximum absolute atomic E-state index is 13.1. The van der Waals surface area contributed by atoms with Crippen molar-refractivity contribution in [3.05, 3.63) is 51.6 Å². The van der Waals surface area contributed by atoms with Crippen LogP contribution in [0.2, 0.25) is 0 Å². The topological polar surface area (TPSA) is 90.5 Å². The number of rotatable bonds is 7. The zero-order valence-electron chi connectivity index (χ0n) is 17.6. The summed E-state index contributed by atoms with van der Waals surface area (Å²) in [4.78, 5) is 25.6. The van der Waals surface area contributed by atoms with Gasteiger partial charge in [0, 0.05) is 12.3 Å². The minimum atomic E-state index is -0.116. The zero-order valence-corrected chi connectivity index (χ0v) is 19.2. The van der Waals surface area contributed by atoms with E-state index in [-0.39, 0.29) is 23.3 Å². The second-order valence-electron chi connectivity index (χ2n) is 7.69. The van der Waals surface area contributed by atoms with Gasteiger partial charge in [0.25, 0.3) is 5.56 Å². The van der Waals surface area contributed by atoms with Crippen LogP contribution in [0.5, 0.6) is 0 Å². The summed E-state index contributed by atoms with van der Waals surface area (Å²) in [5.74, 6) is 0.553. The maximum Gasteiger partial charge on any atom is 0.272 e. The molecule has 1 aliphatic rings. The Balaban J connectivity index is 1.41. The van der Waals surface area contributed by atoms with Gasteiger partial charge in [0.2, 0.25) is 11.7 Å². The van der Waals surface area contributed by atoms with Crippen molar-refractivity contribution in [2.45, 2.75) is 44.0 Å². The molecule has 1 unspecified atom stereocenters. The van der Waals surface area contributed by atoms with Gasteiger partial charge in [0.15, 0.2) is 5.16 Å². The number of carbonyl (C=O) groups excluding carboxylic acids is 1. The molecule has 0 saturated carbocycles. The van der Waals surface area contributed by atoms with Crippen LogP contribution in [-0.2, 0) is 22.5 Å². The Bertz CT molecular complexity index is 1340. The fraction of sp³-hybridized carbons (Fsp3) is 0.364. The number of aromatic nitrogens is 4. The monoisotopic (exact) mass is 469 g/mol. The molecule has 0 spiro atoms. The van der Waals surface area contributed by atoms with E-state index in [1.807, 2.05) is 40.1 Å². The van der Waals surface area contributed by atoms with Crippen LogP contribution in [0.25, 0.3) is 16.0 Å². The third-order valence-corrected chi connectivity index (χ3v) is 7.36. The molecule has 4 aromatic rings. The summed E-state index contributed by atoms with van der Waals surface area (Å²) in [6.07, 6.45) is 2.84. The van der Waals surface area contributed by atoms with Crippen LogP contribution < -0.4 is 10.9 Å². The fourth-order valence-corrected chi connectivity index (χ4v) is 5.51. The van der Waals surface area contributed by atoms with Crippen LogP contribution in [0.3, 0.4) is 0 Å². The highest BCUT2D eigenvalue weighted by Crippen LogP contribution is 2.25. The molecule has 1 atom stereocenters. The average Bonchev–Trinajstić information content (AvgIpc) is 3.56. The van der Waals surface area contributed by atoms with Gasteiger partial charge >= 0.3 is 0 Å². The molecule has 5 rings (SSSR count). The number of fused-ring (bicyclic) bond motifs is 3. The summed E-state index contributed by atoms with van der Waals surface area (Å²) in [6.45, 7) is 3.25. The molecule has 1 aromatic carbocycles. The fourth-order valence-electron chi connectivity index (χ4n) is 3.95. The summed E-state index contributed by atoms with van der Waals surface area (Å²) >= 11 is 2.71. The van der Waals surface area contributed by atoms with E-state index in [9.17, 15) is 9.59 Å². The van der Waals surface area contributed by atoms with Gasteiger partial charge in [0.1, 0.15) is 4.70 Å². The molecule has 32 heavy (non-hydrogen) atoms. The van der Waals surface area contributed by atoms with E-state index < -0.39 is 0 Å². The smallest absolute Gasteiger partial charge is 0.272 e. The number of thiophene rings is 1. The lowest BCUT2D eigenvalue weighted by Gasteiger charge is -2.13. The van der Waals surface area contributed by atoms with Gasteiger partial charge < -0.3 is 10.1 Å². The minimum absolute atomic E-state index is 0.00590. The second kappa shape index (κ2) is 9.05. The Kier molecular flexibility index (Phi) is 5.99. The Labute approximate surface area is 192 Å². The third kappa shape index (κ3) is 4.05. The second-order valence-corrected chi connectivity index (χ2v) is 9.55. The predicted octanol–water partition coefficient (Wildman–Crippen LogP) is 3.58. The van der Waals surface area contributed by atoms with Crippen molar-refractivity contribution in [2.24, 2.45) is 0 Å². The van der Waals surface area contributed by atoms with Crippen LogP contribution in [0.1, 0.15) is 25.3 Å². The van der Waals surface area contributed by atoms with E-state index in [4.69, 9.17) is 4.74 Å². The number of hydrogen-bond donors (Lipinski definition) is 1. The van der Waals surface area contributed by atoms with E-state index in [0.29, 0.717) is 22.2 Å². The van der Waals surface area contributed by atoms with E-state index in [1.54, 1.807) is 4.57 Å². The summed E-state index contributed by atoms with van der Waals surface area (Å²) in [6, 6.07) is 9.73. The van der Waals surface area contributed by atoms with E-state index in [0.717, 1.165) is 37.1 Å².